The molecule has 0 aliphatic carbocycles. The third-order valence-corrected chi connectivity index (χ3v) is 4.32. The van der Waals surface area contributed by atoms with Crippen LogP contribution >= 0.6 is 0 Å². The maximum Gasteiger partial charge on any atom is 0.0722 e. The van der Waals surface area contributed by atoms with Gasteiger partial charge in [-0.3, -0.25) is 4.99 Å². The minimum absolute atomic E-state index is 0.837. The lowest BCUT2D eigenvalue weighted by Gasteiger charge is -2.12. The van der Waals surface area contributed by atoms with E-state index in [2.05, 4.69) is 43.9 Å². The lowest BCUT2D eigenvalue weighted by atomic mass is 10.0. The number of para-hydroxylation sites is 2. The van der Waals surface area contributed by atoms with Crippen LogP contribution in [0.25, 0.3) is 5.70 Å². The first-order chi connectivity index (χ1) is 12.7. The number of hydrogen-bond acceptors (Lipinski definition) is 2. The van der Waals surface area contributed by atoms with E-state index in [4.69, 9.17) is 4.99 Å². The number of hydrogen-bond donors (Lipinski definition) is 1. The average molecular weight is 340 g/mol. The highest BCUT2D eigenvalue weighted by molar-refractivity contribution is 5.87. The largest absolute Gasteiger partial charge is 0.355 e. The van der Waals surface area contributed by atoms with Crippen LogP contribution in [0, 0.1) is 6.92 Å². The van der Waals surface area contributed by atoms with E-state index in [1.54, 1.807) is 0 Å². The van der Waals surface area contributed by atoms with E-state index in [9.17, 15) is 0 Å². The van der Waals surface area contributed by atoms with Crippen molar-refractivity contribution >= 4 is 23.3 Å². The smallest absolute Gasteiger partial charge is 0.0722 e. The van der Waals surface area contributed by atoms with E-state index in [1.165, 1.54) is 11.1 Å². The predicted octanol–water partition coefficient (Wildman–Crippen LogP) is 6.39. The van der Waals surface area contributed by atoms with Crippen LogP contribution in [0.4, 0.5) is 11.4 Å². The van der Waals surface area contributed by atoms with Gasteiger partial charge in [-0.1, -0.05) is 73.7 Å². The summed E-state index contributed by atoms with van der Waals surface area (Å²) in [5, 5.41) is 3.36. The summed E-state index contributed by atoms with van der Waals surface area (Å²) in [6.45, 7) is 8.49. The van der Waals surface area contributed by atoms with Crippen LogP contribution in [0.2, 0.25) is 0 Å². The van der Waals surface area contributed by atoms with Crippen LogP contribution in [0.3, 0.4) is 0 Å². The Kier molecular flexibility index (Phi) is 5.65. The SMILES string of the molecule is C=C(Nc1ccccc1)c1ccccc1N=Cc1ccc(C)cc1CC. The van der Waals surface area contributed by atoms with E-state index in [0.717, 1.165) is 34.6 Å². The molecule has 3 rings (SSSR count). The second-order valence-electron chi connectivity index (χ2n) is 6.30. The highest BCUT2D eigenvalue weighted by atomic mass is 14.9. The molecule has 0 amide bonds. The Hall–Kier alpha value is -3.13. The molecular formula is C24H24N2. The normalized spacial score (nSPS) is 10.8. The number of benzene rings is 3. The van der Waals surface area contributed by atoms with Gasteiger partial charge in [-0.25, -0.2) is 0 Å². The molecule has 0 atom stereocenters. The Morgan fingerprint density at radius 1 is 1.00 bits per heavy atom. The molecule has 3 aromatic rings. The predicted molar refractivity (Wildman–Crippen MR) is 113 cm³/mol. The van der Waals surface area contributed by atoms with E-state index in [-0.39, 0.29) is 0 Å². The third kappa shape index (κ3) is 4.28. The van der Waals surface area contributed by atoms with Crippen molar-refractivity contribution in [2.45, 2.75) is 20.3 Å². The van der Waals surface area contributed by atoms with Gasteiger partial charge in [-0.05, 0) is 42.7 Å². The summed E-state index contributed by atoms with van der Waals surface area (Å²) < 4.78 is 0. The average Bonchev–Trinajstić information content (AvgIpc) is 2.68. The molecule has 2 heteroatoms. The fraction of sp³-hybridized carbons (Fsp3) is 0.125. The Morgan fingerprint density at radius 3 is 2.50 bits per heavy atom. The summed E-state index contributed by atoms with van der Waals surface area (Å²) in [5.41, 5.74) is 7.51. The van der Waals surface area contributed by atoms with Crippen molar-refractivity contribution in [2.75, 3.05) is 5.32 Å². The molecule has 0 aliphatic heterocycles. The number of rotatable bonds is 6. The van der Waals surface area contributed by atoms with Crippen molar-refractivity contribution in [1.82, 2.24) is 0 Å². The molecule has 130 valence electrons. The molecule has 26 heavy (non-hydrogen) atoms. The highest BCUT2D eigenvalue weighted by Crippen LogP contribution is 2.26. The van der Waals surface area contributed by atoms with Crippen molar-refractivity contribution in [3.05, 3.63) is 102 Å². The zero-order chi connectivity index (χ0) is 18.4. The van der Waals surface area contributed by atoms with Gasteiger partial charge in [0.1, 0.15) is 0 Å². The molecule has 0 unspecified atom stereocenters. The zero-order valence-electron chi connectivity index (χ0n) is 15.4. The number of nitrogens with one attached hydrogen (secondary N) is 1. The van der Waals surface area contributed by atoms with Crippen LogP contribution < -0.4 is 5.32 Å². The highest BCUT2D eigenvalue weighted by Gasteiger charge is 2.05. The summed E-state index contributed by atoms with van der Waals surface area (Å²) in [7, 11) is 0. The number of aryl methyl sites for hydroxylation is 2. The van der Waals surface area contributed by atoms with Gasteiger partial charge in [0.05, 0.1) is 5.69 Å². The van der Waals surface area contributed by atoms with Crippen molar-refractivity contribution in [2.24, 2.45) is 4.99 Å². The van der Waals surface area contributed by atoms with Gasteiger partial charge in [0, 0.05) is 23.2 Å². The summed E-state index contributed by atoms with van der Waals surface area (Å²) in [6.07, 6.45) is 2.94. The Labute approximate surface area is 155 Å². The van der Waals surface area contributed by atoms with Crippen LogP contribution in [0.1, 0.15) is 29.2 Å². The first-order valence-corrected chi connectivity index (χ1v) is 8.91. The standard InChI is InChI=1S/C24H24N2/c1-4-20-16-18(2)14-15-21(20)17-25-24-13-9-8-12-23(24)19(3)26-22-10-6-5-7-11-22/h5-17,26H,3-4H2,1-2H3. The summed E-state index contributed by atoms with van der Waals surface area (Å²) in [4.78, 5) is 4.75. The second kappa shape index (κ2) is 8.30. The van der Waals surface area contributed by atoms with Crippen molar-refractivity contribution in [3.8, 4) is 0 Å². The van der Waals surface area contributed by atoms with Gasteiger partial charge in [-0.2, -0.15) is 0 Å². The molecule has 0 spiro atoms. The molecular weight excluding hydrogens is 316 g/mol. The quantitative estimate of drug-likeness (QED) is 0.516. The number of nitrogens with zero attached hydrogens (tertiary/aromatic N) is 1. The monoisotopic (exact) mass is 340 g/mol. The van der Waals surface area contributed by atoms with Gasteiger partial charge in [-0.15, -0.1) is 0 Å². The summed E-state index contributed by atoms with van der Waals surface area (Å²) >= 11 is 0. The zero-order valence-corrected chi connectivity index (χ0v) is 15.4. The molecule has 0 fully saturated rings. The van der Waals surface area contributed by atoms with Crippen LogP contribution in [0.15, 0.2) is 84.4 Å². The molecule has 1 N–H and O–H groups in total. The topological polar surface area (TPSA) is 24.4 Å². The lowest BCUT2D eigenvalue weighted by Crippen LogP contribution is -1.97. The first kappa shape index (κ1) is 17.7. The van der Waals surface area contributed by atoms with Crippen molar-refractivity contribution in [3.63, 3.8) is 0 Å². The Bertz CT molecular complexity index is 924. The Morgan fingerprint density at radius 2 is 1.73 bits per heavy atom. The van der Waals surface area contributed by atoms with Crippen LogP contribution in [-0.2, 0) is 6.42 Å². The summed E-state index contributed by atoms with van der Waals surface area (Å²) in [5.74, 6) is 0. The van der Waals surface area contributed by atoms with Gasteiger partial charge in [0.2, 0.25) is 0 Å². The van der Waals surface area contributed by atoms with Crippen molar-refractivity contribution in [1.29, 1.82) is 0 Å². The fourth-order valence-corrected chi connectivity index (χ4v) is 2.91. The van der Waals surface area contributed by atoms with E-state index >= 15 is 0 Å². The fourth-order valence-electron chi connectivity index (χ4n) is 2.91. The first-order valence-electron chi connectivity index (χ1n) is 8.91. The number of anilines is 1. The molecule has 0 saturated carbocycles. The lowest BCUT2D eigenvalue weighted by molar-refractivity contribution is 1.13. The van der Waals surface area contributed by atoms with Crippen molar-refractivity contribution < 1.29 is 0 Å². The van der Waals surface area contributed by atoms with Crippen LogP contribution in [-0.4, -0.2) is 6.21 Å². The Balaban J connectivity index is 1.87. The van der Waals surface area contributed by atoms with Gasteiger partial charge in [0.25, 0.3) is 0 Å². The van der Waals surface area contributed by atoms with Gasteiger partial charge < -0.3 is 5.32 Å². The van der Waals surface area contributed by atoms with E-state index < -0.39 is 0 Å². The third-order valence-electron chi connectivity index (χ3n) is 4.32. The molecule has 0 radical (unpaired) electrons. The van der Waals surface area contributed by atoms with Gasteiger partial charge in [0.15, 0.2) is 0 Å². The molecule has 0 aromatic heterocycles. The minimum Gasteiger partial charge on any atom is -0.355 e. The summed E-state index contributed by atoms with van der Waals surface area (Å²) in [6, 6.07) is 24.6. The molecule has 0 saturated heterocycles. The maximum absolute atomic E-state index is 4.75. The van der Waals surface area contributed by atoms with E-state index in [1.807, 2.05) is 60.8 Å². The second-order valence-corrected chi connectivity index (χ2v) is 6.30. The molecule has 0 heterocycles. The molecule has 3 aromatic carbocycles. The van der Waals surface area contributed by atoms with Crippen LogP contribution in [0.5, 0.6) is 0 Å². The molecule has 0 bridgehead atoms. The maximum atomic E-state index is 4.75. The number of aliphatic imine (C=N–C) groups is 1. The van der Waals surface area contributed by atoms with Gasteiger partial charge >= 0.3 is 0 Å². The molecule has 0 aliphatic rings. The minimum atomic E-state index is 0.837. The van der Waals surface area contributed by atoms with E-state index in [0.29, 0.717) is 0 Å². The molecule has 2 nitrogen and oxygen atoms in total.